The molecular weight excluding hydrogens is 518 g/mol. The normalized spacial score (nSPS) is 13.3. The van der Waals surface area contributed by atoms with Crippen molar-refractivity contribution in [3.63, 3.8) is 0 Å². The Hall–Kier alpha value is -4.55. The molecule has 3 aromatic rings. The van der Waals surface area contributed by atoms with Gasteiger partial charge in [-0.25, -0.2) is 14.8 Å². The minimum Gasteiger partial charge on any atom is -0.481 e. The van der Waals surface area contributed by atoms with Crippen molar-refractivity contribution in [3.8, 4) is 0 Å². The van der Waals surface area contributed by atoms with Gasteiger partial charge >= 0.3 is 11.9 Å². The van der Waals surface area contributed by atoms with E-state index in [-0.39, 0.29) is 42.1 Å². The molecule has 0 aliphatic heterocycles. The number of anilines is 2. The van der Waals surface area contributed by atoms with Crippen molar-refractivity contribution in [1.29, 1.82) is 0 Å². The molecule has 2 aromatic heterocycles. The maximum Gasteiger partial charge on any atom is 0.326 e. The van der Waals surface area contributed by atoms with Crippen LogP contribution in [0.2, 0.25) is 0 Å². The second-order valence-corrected chi connectivity index (χ2v) is 9.73. The SMILES string of the molecule is CCCCCCC(CC)(CC(NC(=O)c1ccc(NCc2cnc3nc(N)[nH]c(=O)c3n2)cc1)C(=O)O)C(=O)O. The number of unbranched alkanes of at least 4 members (excludes halogenated alkanes) is 3. The molecule has 0 radical (unpaired) electrons. The van der Waals surface area contributed by atoms with Crippen molar-refractivity contribution in [3.05, 3.63) is 52.1 Å². The molecule has 0 saturated carbocycles. The number of aliphatic carboxylic acids is 2. The summed E-state index contributed by atoms with van der Waals surface area (Å²) in [5.74, 6) is -3.01. The Kier molecular flexibility index (Phi) is 10.1. The summed E-state index contributed by atoms with van der Waals surface area (Å²) in [6.07, 6.45) is 5.39. The number of aromatic amines is 1. The van der Waals surface area contributed by atoms with Gasteiger partial charge in [0.1, 0.15) is 6.04 Å². The van der Waals surface area contributed by atoms with Crippen LogP contribution in [0, 0.1) is 5.41 Å². The molecule has 214 valence electrons. The molecule has 7 N–H and O–H groups in total. The van der Waals surface area contributed by atoms with Gasteiger partial charge in [-0.3, -0.25) is 19.4 Å². The van der Waals surface area contributed by atoms with E-state index in [1.807, 2.05) is 0 Å². The number of carboxylic acids is 2. The van der Waals surface area contributed by atoms with Crippen LogP contribution in [0.5, 0.6) is 0 Å². The third kappa shape index (κ3) is 7.52. The Labute approximate surface area is 230 Å². The number of hydrogen-bond acceptors (Lipinski definition) is 9. The predicted molar refractivity (Wildman–Crippen MR) is 149 cm³/mol. The van der Waals surface area contributed by atoms with Gasteiger partial charge in [-0.1, -0.05) is 39.5 Å². The van der Waals surface area contributed by atoms with E-state index in [0.717, 1.165) is 19.3 Å². The van der Waals surface area contributed by atoms with Crippen molar-refractivity contribution >= 4 is 40.6 Å². The Balaban J connectivity index is 1.64. The molecule has 0 spiro atoms. The number of benzene rings is 1. The summed E-state index contributed by atoms with van der Waals surface area (Å²) in [6.45, 7) is 4.02. The first kappa shape index (κ1) is 30.0. The number of nitrogens with two attached hydrogens (primary N) is 1. The number of hydrogen-bond donors (Lipinski definition) is 6. The fourth-order valence-corrected chi connectivity index (χ4v) is 4.48. The third-order valence-electron chi connectivity index (χ3n) is 6.94. The van der Waals surface area contributed by atoms with Crippen LogP contribution < -0.4 is 21.9 Å². The number of carbonyl (C=O) groups is 3. The van der Waals surface area contributed by atoms with Gasteiger partial charge in [0.25, 0.3) is 11.5 Å². The van der Waals surface area contributed by atoms with E-state index >= 15 is 0 Å². The van der Waals surface area contributed by atoms with E-state index in [1.54, 1.807) is 19.1 Å². The maximum absolute atomic E-state index is 12.9. The average molecular weight is 554 g/mol. The largest absolute Gasteiger partial charge is 0.481 e. The lowest BCUT2D eigenvalue weighted by molar-refractivity contribution is -0.152. The van der Waals surface area contributed by atoms with Crippen LogP contribution in [-0.2, 0) is 16.1 Å². The number of rotatable bonds is 15. The highest BCUT2D eigenvalue weighted by Crippen LogP contribution is 2.35. The molecule has 40 heavy (non-hydrogen) atoms. The van der Waals surface area contributed by atoms with E-state index in [9.17, 15) is 29.4 Å². The number of H-pyrrole nitrogens is 1. The summed E-state index contributed by atoms with van der Waals surface area (Å²) in [6, 6.07) is 4.96. The molecule has 2 unspecified atom stereocenters. The number of nitrogens with one attached hydrogen (secondary N) is 3. The van der Waals surface area contributed by atoms with Gasteiger partial charge in [0.15, 0.2) is 11.2 Å². The van der Waals surface area contributed by atoms with Crippen LogP contribution in [0.15, 0.2) is 35.3 Å². The number of nitrogen functional groups attached to an aromatic ring is 1. The number of carboxylic acid groups (broad SMARTS) is 2. The molecule has 3 rings (SSSR count). The van der Waals surface area contributed by atoms with Crippen molar-refractivity contribution in [2.75, 3.05) is 11.1 Å². The van der Waals surface area contributed by atoms with Crippen LogP contribution in [0.4, 0.5) is 11.6 Å². The smallest absolute Gasteiger partial charge is 0.326 e. The van der Waals surface area contributed by atoms with E-state index in [4.69, 9.17) is 5.73 Å². The standard InChI is InChI=1S/C27H35N7O6/c1-3-5-6-7-12-27(4-2,25(39)40)13-19(24(37)38)32-22(35)16-8-10-17(11-9-16)29-14-18-15-30-21-20(31-18)23(36)34-26(28)33-21/h8-11,15,19,29H,3-7,12-14H2,1-2H3,(H,32,35)(H,37,38)(H,39,40)(H3,28,30,33,34,36). The number of fused-ring (bicyclic) bond motifs is 1. The summed E-state index contributed by atoms with van der Waals surface area (Å²) in [5.41, 5.74) is 5.31. The van der Waals surface area contributed by atoms with Gasteiger partial charge in [0.2, 0.25) is 5.95 Å². The van der Waals surface area contributed by atoms with E-state index in [0.29, 0.717) is 24.2 Å². The molecule has 2 atom stereocenters. The summed E-state index contributed by atoms with van der Waals surface area (Å²) in [5, 5.41) is 25.3. The third-order valence-corrected chi connectivity index (χ3v) is 6.94. The highest BCUT2D eigenvalue weighted by atomic mass is 16.4. The van der Waals surface area contributed by atoms with Gasteiger partial charge in [-0.05, 0) is 43.5 Å². The molecule has 0 bridgehead atoms. The van der Waals surface area contributed by atoms with Crippen molar-refractivity contribution in [2.45, 2.75) is 71.4 Å². The summed E-state index contributed by atoms with van der Waals surface area (Å²) >= 11 is 0. The van der Waals surface area contributed by atoms with E-state index < -0.39 is 34.9 Å². The first-order valence-electron chi connectivity index (χ1n) is 13.2. The molecule has 1 aromatic carbocycles. The highest BCUT2D eigenvalue weighted by molar-refractivity contribution is 5.97. The van der Waals surface area contributed by atoms with Crippen LogP contribution in [0.1, 0.15) is 74.8 Å². The molecular formula is C27H35N7O6. The van der Waals surface area contributed by atoms with Gasteiger partial charge < -0.3 is 26.6 Å². The van der Waals surface area contributed by atoms with Crippen LogP contribution in [0.3, 0.4) is 0 Å². The molecule has 2 heterocycles. The molecule has 13 heteroatoms. The van der Waals surface area contributed by atoms with Crippen molar-refractivity contribution in [1.82, 2.24) is 25.3 Å². The zero-order chi connectivity index (χ0) is 29.3. The molecule has 0 aliphatic carbocycles. The summed E-state index contributed by atoms with van der Waals surface area (Å²) < 4.78 is 0. The monoisotopic (exact) mass is 553 g/mol. The molecule has 0 fully saturated rings. The minimum atomic E-state index is -1.35. The van der Waals surface area contributed by atoms with Crippen LogP contribution in [-0.4, -0.2) is 54.0 Å². The van der Waals surface area contributed by atoms with Gasteiger partial charge in [0, 0.05) is 11.3 Å². The Morgan fingerprint density at radius 1 is 1.07 bits per heavy atom. The number of amides is 1. The summed E-state index contributed by atoms with van der Waals surface area (Å²) in [7, 11) is 0. The highest BCUT2D eigenvalue weighted by Gasteiger charge is 2.41. The second kappa shape index (κ2) is 13.5. The Morgan fingerprint density at radius 3 is 2.42 bits per heavy atom. The number of carbonyl (C=O) groups excluding carboxylic acids is 1. The quantitative estimate of drug-likeness (QED) is 0.150. The zero-order valence-electron chi connectivity index (χ0n) is 22.6. The summed E-state index contributed by atoms with van der Waals surface area (Å²) in [4.78, 5) is 63.7. The molecule has 1 amide bonds. The van der Waals surface area contributed by atoms with E-state index in [2.05, 4.69) is 37.5 Å². The van der Waals surface area contributed by atoms with Crippen molar-refractivity contribution < 1.29 is 24.6 Å². The topological polar surface area (TPSA) is 213 Å². The van der Waals surface area contributed by atoms with Crippen LogP contribution >= 0.6 is 0 Å². The molecule has 13 nitrogen and oxygen atoms in total. The first-order valence-corrected chi connectivity index (χ1v) is 13.2. The molecule has 0 saturated heterocycles. The van der Waals surface area contributed by atoms with Crippen LogP contribution in [0.25, 0.3) is 11.2 Å². The minimum absolute atomic E-state index is 0.0505. The lowest BCUT2D eigenvalue weighted by Crippen LogP contribution is -2.46. The Bertz CT molecular complexity index is 1410. The Morgan fingerprint density at radius 2 is 1.80 bits per heavy atom. The number of nitrogens with zero attached hydrogens (tertiary/aromatic N) is 3. The fourth-order valence-electron chi connectivity index (χ4n) is 4.48. The second-order valence-electron chi connectivity index (χ2n) is 9.73. The van der Waals surface area contributed by atoms with Gasteiger partial charge in [-0.2, -0.15) is 4.98 Å². The lowest BCUT2D eigenvalue weighted by Gasteiger charge is -2.31. The lowest BCUT2D eigenvalue weighted by atomic mass is 9.75. The zero-order valence-corrected chi connectivity index (χ0v) is 22.6. The number of aromatic nitrogens is 4. The fraction of sp³-hybridized carbons (Fsp3) is 0.444. The first-order chi connectivity index (χ1) is 19.1. The van der Waals surface area contributed by atoms with Crippen molar-refractivity contribution in [2.24, 2.45) is 5.41 Å². The van der Waals surface area contributed by atoms with Gasteiger partial charge in [0.05, 0.1) is 23.9 Å². The maximum atomic E-state index is 12.9. The predicted octanol–water partition coefficient (Wildman–Crippen LogP) is 2.93. The van der Waals surface area contributed by atoms with Gasteiger partial charge in [-0.15, -0.1) is 0 Å². The van der Waals surface area contributed by atoms with E-state index in [1.165, 1.54) is 18.3 Å². The average Bonchev–Trinajstić information content (AvgIpc) is 2.93. The molecule has 0 aliphatic rings.